The quantitative estimate of drug-likeness (QED) is 0.256. The summed E-state index contributed by atoms with van der Waals surface area (Å²) in [7, 11) is 0. The van der Waals surface area contributed by atoms with Gasteiger partial charge in [0.15, 0.2) is 6.79 Å². The Bertz CT molecular complexity index is 1080. The van der Waals surface area contributed by atoms with E-state index in [1.54, 1.807) is 0 Å². The van der Waals surface area contributed by atoms with Crippen molar-refractivity contribution in [3.63, 3.8) is 0 Å². The highest BCUT2D eigenvalue weighted by Gasteiger charge is 2.21. The minimum atomic E-state index is -0.490. The van der Waals surface area contributed by atoms with Gasteiger partial charge in [0.25, 0.3) is 5.69 Å². The van der Waals surface area contributed by atoms with Gasteiger partial charge >= 0.3 is 5.97 Å². The third-order valence-corrected chi connectivity index (χ3v) is 5.42. The van der Waals surface area contributed by atoms with Gasteiger partial charge in [-0.25, -0.2) is 0 Å². The van der Waals surface area contributed by atoms with E-state index in [2.05, 4.69) is 0 Å². The maximum atomic E-state index is 12.2. The van der Waals surface area contributed by atoms with Crippen LogP contribution < -0.4 is 4.74 Å². The number of hydrogen-bond donors (Lipinski definition) is 0. The smallest absolute Gasteiger partial charge is 0.316 e. The fraction of sp³-hybridized carbons (Fsp3) is 0.190. The molecule has 0 aliphatic carbocycles. The molecule has 1 aliphatic rings. The molecule has 0 amide bonds. The van der Waals surface area contributed by atoms with Crippen molar-refractivity contribution in [3.05, 3.63) is 75.8 Å². The molecular weight excluding hydrogens is 394 g/mol. The maximum Gasteiger partial charge on any atom is 0.316 e. The van der Waals surface area contributed by atoms with E-state index in [0.717, 1.165) is 15.7 Å². The molecule has 0 bridgehead atoms. The van der Waals surface area contributed by atoms with Gasteiger partial charge in [-0.2, -0.15) is 0 Å². The standard InChI is InChI=1S/C21H17NO6S/c23-20(12-29-19-6-5-14-3-1-2-4-15(14)9-19)27-11-17-8-18(22(24)25)7-16-10-26-13-28-21(16)17/h1-9H,10-13H2. The molecule has 0 spiro atoms. The second-order valence-electron chi connectivity index (χ2n) is 6.42. The zero-order valence-corrected chi connectivity index (χ0v) is 16.1. The fourth-order valence-electron chi connectivity index (χ4n) is 3.09. The molecular formula is C21H17NO6S. The lowest BCUT2D eigenvalue weighted by Crippen LogP contribution is -2.15. The van der Waals surface area contributed by atoms with Crippen LogP contribution in [0.5, 0.6) is 5.75 Å². The summed E-state index contributed by atoms with van der Waals surface area (Å²) in [4.78, 5) is 23.8. The molecule has 29 heavy (non-hydrogen) atoms. The molecule has 8 heteroatoms. The molecule has 0 atom stereocenters. The molecule has 148 valence electrons. The number of fused-ring (bicyclic) bond motifs is 2. The molecule has 1 heterocycles. The molecule has 0 aromatic heterocycles. The van der Waals surface area contributed by atoms with Crippen LogP contribution in [0.3, 0.4) is 0 Å². The van der Waals surface area contributed by atoms with Crippen molar-refractivity contribution in [1.29, 1.82) is 0 Å². The number of nitro benzene ring substituents is 1. The van der Waals surface area contributed by atoms with Crippen molar-refractivity contribution in [2.45, 2.75) is 18.1 Å². The summed E-state index contributed by atoms with van der Waals surface area (Å²) in [6, 6.07) is 16.8. The largest absolute Gasteiger partial charge is 0.467 e. The number of thioether (sulfide) groups is 1. The third-order valence-electron chi connectivity index (χ3n) is 4.45. The summed E-state index contributed by atoms with van der Waals surface area (Å²) in [6.45, 7) is 0.181. The fourth-order valence-corrected chi connectivity index (χ4v) is 3.84. The number of rotatable bonds is 6. The van der Waals surface area contributed by atoms with Gasteiger partial charge in [0.05, 0.1) is 17.3 Å². The Labute approximate surface area is 170 Å². The van der Waals surface area contributed by atoms with E-state index in [1.807, 2.05) is 42.5 Å². The SMILES string of the molecule is O=C(CSc1ccc2ccccc2c1)OCc1cc([N+](=O)[O-])cc2c1OCOC2. The number of non-ortho nitro benzene ring substituents is 1. The van der Waals surface area contributed by atoms with Crippen LogP contribution in [-0.4, -0.2) is 23.4 Å². The molecule has 0 N–H and O–H groups in total. The molecule has 0 saturated carbocycles. The summed E-state index contributed by atoms with van der Waals surface area (Å²) in [5.74, 6) is 0.215. The van der Waals surface area contributed by atoms with Crippen molar-refractivity contribution in [1.82, 2.24) is 0 Å². The van der Waals surface area contributed by atoms with Crippen LogP contribution in [0.4, 0.5) is 5.69 Å². The number of hydrogen-bond acceptors (Lipinski definition) is 7. The van der Waals surface area contributed by atoms with Gasteiger partial charge in [-0.05, 0) is 22.9 Å². The van der Waals surface area contributed by atoms with Gasteiger partial charge in [-0.15, -0.1) is 11.8 Å². The first kappa shape index (κ1) is 19.2. The highest BCUT2D eigenvalue weighted by Crippen LogP contribution is 2.33. The first-order valence-corrected chi connectivity index (χ1v) is 9.86. The molecule has 0 unspecified atom stereocenters. The van der Waals surface area contributed by atoms with Crippen LogP contribution in [0.1, 0.15) is 11.1 Å². The van der Waals surface area contributed by atoms with Crippen LogP contribution in [0.15, 0.2) is 59.5 Å². The van der Waals surface area contributed by atoms with Crippen molar-refractivity contribution >= 4 is 34.2 Å². The van der Waals surface area contributed by atoms with Crippen molar-refractivity contribution in [2.24, 2.45) is 0 Å². The number of carbonyl (C=O) groups is 1. The number of ether oxygens (including phenoxy) is 3. The monoisotopic (exact) mass is 411 g/mol. The highest BCUT2D eigenvalue weighted by atomic mass is 32.2. The van der Waals surface area contributed by atoms with E-state index in [0.29, 0.717) is 16.9 Å². The van der Waals surface area contributed by atoms with Crippen molar-refractivity contribution in [2.75, 3.05) is 12.5 Å². The number of benzene rings is 3. The van der Waals surface area contributed by atoms with E-state index < -0.39 is 10.9 Å². The third kappa shape index (κ3) is 4.49. The average Bonchev–Trinajstić information content (AvgIpc) is 2.75. The van der Waals surface area contributed by atoms with Crippen LogP contribution in [0.2, 0.25) is 0 Å². The van der Waals surface area contributed by atoms with E-state index in [1.165, 1.54) is 23.9 Å². The zero-order valence-electron chi connectivity index (χ0n) is 15.3. The molecule has 7 nitrogen and oxygen atoms in total. The van der Waals surface area contributed by atoms with Crippen LogP contribution >= 0.6 is 11.8 Å². The Morgan fingerprint density at radius 3 is 2.79 bits per heavy atom. The lowest BCUT2D eigenvalue weighted by molar-refractivity contribution is -0.385. The second kappa shape index (κ2) is 8.50. The molecule has 0 fully saturated rings. The zero-order chi connectivity index (χ0) is 20.2. The number of nitrogens with zero attached hydrogens (tertiary/aromatic N) is 1. The van der Waals surface area contributed by atoms with Crippen LogP contribution in [0, 0.1) is 10.1 Å². The molecule has 3 aromatic rings. The van der Waals surface area contributed by atoms with E-state index in [4.69, 9.17) is 14.2 Å². The van der Waals surface area contributed by atoms with Gasteiger partial charge < -0.3 is 14.2 Å². The molecule has 4 rings (SSSR count). The van der Waals surface area contributed by atoms with E-state index in [-0.39, 0.29) is 31.4 Å². The lowest BCUT2D eigenvalue weighted by atomic mass is 10.1. The van der Waals surface area contributed by atoms with E-state index >= 15 is 0 Å². The first-order chi connectivity index (χ1) is 14.1. The molecule has 0 radical (unpaired) electrons. The van der Waals surface area contributed by atoms with Crippen LogP contribution in [0.25, 0.3) is 10.8 Å². The summed E-state index contributed by atoms with van der Waals surface area (Å²) < 4.78 is 16.0. The Kier molecular flexibility index (Phi) is 5.64. The number of nitro groups is 1. The Balaban J connectivity index is 1.40. The van der Waals surface area contributed by atoms with Gasteiger partial charge in [-0.1, -0.05) is 30.3 Å². The Morgan fingerprint density at radius 2 is 1.97 bits per heavy atom. The van der Waals surface area contributed by atoms with E-state index in [9.17, 15) is 14.9 Å². The normalized spacial score (nSPS) is 12.8. The lowest BCUT2D eigenvalue weighted by Gasteiger charge is -2.20. The summed E-state index contributed by atoms with van der Waals surface area (Å²) >= 11 is 1.38. The van der Waals surface area contributed by atoms with Crippen molar-refractivity contribution in [3.8, 4) is 5.75 Å². The summed E-state index contributed by atoms with van der Waals surface area (Å²) in [5.41, 5.74) is 0.943. The predicted octanol–water partition coefficient (Wildman–Crippen LogP) is 4.45. The summed E-state index contributed by atoms with van der Waals surface area (Å²) in [6.07, 6.45) is 0. The number of carbonyl (C=O) groups excluding carboxylic acids is 1. The molecule has 1 aliphatic heterocycles. The molecule has 3 aromatic carbocycles. The Hall–Kier alpha value is -3.10. The van der Waals surface area contributed by atoms with Gasteiger partial charge in [0, 0.05) is 28.2 Å². The molecule has 0 saturated heterocycles. The van der Waals surface area contributed by atoms with Crippen LogP contribution in [-0.2, 0) is 27.5 Å². The average molecular weight is 411 g/mol. The minimum absolute atomic E-state index is 0.0591. The van der Waals surface area contributed by atoms with Gasteiger partial charge in [0.1, 0.15) is 12.4 Å². The summed E-state index contributed by atoms with van der Waals surface area (Å²) in [5, 5.41) is 13.4. The maximum absolute atomic E-state index is 12.2. The number of esters is 1. The predicted molar refractivity (Wildman–Crippen MR) is 108 cm³/mol. The minimum Gasteiger partial charge on any atom is -0.467 e. The van der Waals surface area contributed by atoms with Crippen molar-refractivity contribution < 1.29 is 23.9 Å². The topological polar surface area (TPSA) is 87.9 Å². The second-order valence-corrected chi connectivity index (χ2v) is 7.47. The van der Waals surface area contributed by atoms with Gasteiger partial charge in [-0.3, -0.25) is 14.9 Å². The Morgan fingerprint density at radius 1 is 1.14 bits per heavy atom. The first-order valence-electron chi connectivity index (χ1n) is 8.88. The highest BCUT2D eigenvalue weighted by molar-refractivity contribution is 8.00. The van der Waals surface area contributed by atoms with Gasteiger partial charge in [0.2, 0.25) is 0 Å².